The zero-order valence-electron chi connectivity index (χ0n) is 10.2. The highest BCUT2D eigenvalue weighted by Gasteiger charge is 2.12. The van der Waals surface area contributed by atoms with E-state index in [0.29, 0.717) is 18.8 Å². The first-order valence-electron chi connectivity index (χ1n) is 5.86. The quantitative estimate of drug-likeness (QED) is 0.810. The molecule has 1 atom stereocenters. The number of nitrogens with one attached hydrogen (secondary N) is 1. The fourth-order valence-corrected chi connectivity index (χ4v) is 1.81. The van der Waals surface area contributed by atoms with E-state index >= 15 is 0 Å². The molecule has 17 heavy (non-hydrogen) atoms. The van der Waals surface area contributed by atoms with Crippen LogP contribution in [0.3, 0.4) is 0 Å². The number of rotatable bonds is 6. The number of halogens is 1. The topological polar surface area (TPSA) is 72.9 Å². The maximum Gasteiger partial charge on any atom is 0.287 e. The van der Waals surface area contributed by atoms with Crippen LogP contribution in [0, 0.1) is 0 Å². The molecule has 96 valence electrons. The van der Waals surface area contributed by atoms with Crippen LogP contribution in [0.15, 0.2) is 11.0 Å². The molecule has 0 spiro atoms. The molecule has 5 nitrogen and oxygen atoms in total. The lowest BCUT2D eigenvalue weighted by molar-refractivity contribution is 0.611. The number of aromatic nitrogens is 2. The van der Waals surface area contributed by atoms with Crippen LogP contribution in [0.2, 0.25) is 5.02 Å². The van der Waals surface area contributed by atoms with E-state index in [4.69, 9.17) is 17.3 Å². The smallest absolute Gasteiger partial charge is 0.287 e. The molecule has 3 N–H and O–H groups in total. The van der Waals surface area contributed by atoms with Crippen LogP contribution >= 0.6 is 11.6 Å². The van der Waals surface area contributed by atoms with Crippen molar-refractivity contribution in [3.63, 3.8) is 0 Å². The van der Waals surface area contributed by atoms with Crippen molar-refractivity contribution in [1.82, 2.24) is 9.78 Å². The average Bonchev–Trinajstić information content (AvgIpc) is 2.34. The van der Waals surface area contributed by atoms with Gasteiger partial charge in [-0.3, -0.25) is 4.79 Å². The first-order valence-corrected chi connectivity index (χ1v) is 6.24. The molecule has 6 heteroatoms. The van der Waals surface area contributed by atoms with Gasteiger partial charge >= 0.3 is 0 Å². The van der Waals surface area contributed by atoms with Gasteiger partial charge in [0.15, 0.2) is 0 Å². The normalized spacial score (nSPS) is 12.5. The molecule has 1 unspecified atom stereocenters. The summed E-state index contributed by atoms with van der Waals surface area (Å²) >= 11 is 6.00. The van der Waals surface area contributed by atoms with Crippen LogP contribution in [0.4, 0.5) is 5.69 Å². The van der Waals surface area contributed by atoms with Crippen LogP contribution in [0.5, 0.6) is 0 Å². The van der Waals surface area contributed by atoms with Gasteiger partial charge in [-0.1, -0.05) is 24.9 Å². The Morgan fingerprint density at radius 1 is 1.59 bits per heavy atom. The molecule has 1 heterocycles. The largest absolute Gasteiger partial charge is 0.378 e. The zero-order chi connectivity index (χ0) is 12.8. The third kappa shape index (κ3) is 3.44. The van der Waals surface area contributed by atoms with E-state index in [0.717, 1.165) is 12.8 Å². The Morgan fingerprint density at radius 3 is 2.82 bits per heavy atom. The van der Waals surface area contributed by atoms with E-state index < -0.39 is 0 Å². The Hall–Kier alpha value is -1.07. The third-order valence-electron chi connectivity index (χ3n) is 2.57. The van der Waals surface area contributed by atoms with Gasteiger partial charge in [-0.15, -0.1) is 0 Å². The van der Waals surface area contributed by atoms with Crippen LogP contribution in [0.1, 0.15) is 26.7 Å². The Balaban J connectivity index is 2.92. The Morgan fingerprint density at radius 2 is 2.29 bits per heavy atom. The van der Waals surface area contributed by atoms with Gasteiger partial charge in [-0.2, -0.15) is 5.10 Å². The fourth-order valence-electron chi connectivity index (χ4n) is 1.61. The van der Waals surface area contributed by atoms with Crippen molar-refractivity contribution < 1.29 is 0 Å². The Bertz CT molecular complexity index is 418. The first-order chi connectivity index (χ1) is 8.13. The summed E-state index contributed by atoms with van der Waals surface area (Å²) < 4.78 is 1.32. The number of nitrogens with zero attached hydrogens (tertiary/aromatic N) is 2. The van der Waals surface area contributed by atoms with Crippen LogP contribution < -0.4 is 16.6 Å². The summed E-state index contributed by atoms with van der Waals surface area (Å²) in [6, 6.07) is 0.121. The summed E-state index contributed by atoms with van der Waals surface area (Å²) in [6.07, 6.45) is 3.53. The van der Waals surface area contributed by atoms with E-state index in [1.165, 1.54) is 4.68 Å². The molecular weight excluding hydrogens is 240 g/mol. The van der Waals surface area contributed by atoms with Gasteiger partial charge in [0.25, 0.3) is 5.56 Å². The van der Waals surface area contributed by atoms with Crippen molar-refractivity contribution in [2.24, 2.45) is 5.73 Å². The predicted molar refractivity (Wildman–Crippen MR) is 70.6 cm³/mol. The van der Waals surface area contributed by atoms with Crippen LogP contribution in [-0.2, 0) is 6.54 Å². The van der Waals surface area contributed by atoms with Crippen molar-refractivity contribution in [2.45, 2.75) is 39.3 Å². The maximum absolute atomic E-state index is 11.7. The molecule has 0 amide bonds. The van der Waals surface area contributed by atoms with E-state index in [2.05, 4.69) is 17.3 Å². The Labute approximate surface area is 106 Å². The van der Waals surface area contributed by atoms with Gasteiger partial charge in [-0.05, 0) is 13.3 Å². The van der Waals surface area contributed by atoms with Gasteiger partial charge in [0.2, 0.25) is 0 Å². The maximum atomic E-state index is 11.7. The second-order valence-electron chi connectivity index (χ2n) is 3.86. The Kier molecular flexibility index (Phi) is 5.44. The average molecular weight is 259 g/mol. The van der Waals surface area contributed by atoms with Crippen LogP contribution in [0.25, 0.3) is 0 Å². The van der Waals surface area contributed by atoms with Crippen molar-refractivity contribution >= 4 is 17.3 Å². The number of hydrogen-bond acceptors (Lipinski definition) is 4. The predicted octanol–water partition coefficient (Wildman–Crippen LogP) is 1.46. The number of aryl methyl sites for hydroxylation is 1. The number of anilines is 1. The highest BCUT2D eigenvalue weighted by Crippen LogP contribution is 2.17. The molecule has 0 saturated heterocycles. The zero-order valence-corrected chi connectivity index (χ0v) is 11.0. The van der Waals surface area contributed by atoms with Crippen molar-refractivity contribution in [2.75, 3.05) is 11.9 Å². The van der Waals surface area contributed by atoms with Gasteiger partial charge in [-0.25, -0.2) is 4.68 Å². The second-order valence-corrected chi connectivity index (χ2v) is 4.24. The minimum atomic E-state index is -0.272. The van der Waals surface area contributed by atoms with Crippen LogP contribution in [-0.4, -0.2) is 22.4 Å². The summed E-state index contributed by atoms with van der Waals surface area (Å²) in [5.41, 5.74) is 5.93. The van der Waals surface area contributed by atoms with Gasteiger partial charge in [0.05, 0.1) is 11.9 Å². The molecule has 0 saturated carbocycles. The van der Waals surface area contributed by atoms with Gasteiger partial charge in [0.1, 0.15) is 5.02 Å². The molecule has 0 fully saturated rings. The standard InChI is InChI=1S/C11H19ClN4O/c1-3-5-8(6-13)15-9-7-14-16(4-2)11(17)10(9)12/h7-8,15H,3-6,13H2,1-2H3. The monoisotopic (exact) mass is 258 g/mol. The highest BCUT2D eigenvalue weighted by molar-refractivity contribution is 6.32. The molecule has 0 bridgehead atoms. The summed E-state index contributed by atoms with van der Waals surface area (Å²) in [4.78, 5) is 11.7. The molecular formula is C11H19ClN4O. The van der Waals surface area contributed by atoms with Gasteiger partial charge in [0, 0.05) is 19.1 Å². The first kappa shape index (κ1) is 14.0. The summed E-state index contributed by atoms with van der Waals surface area (Å²) in [7, 11) is 0. The van der Waals surface area contributed by atoms with E-state index in [9.17, 15) is 4.79 Å². The van der Waals surface area contributed by atoms with Crippen molar-refractivity contribution in [1.29, 1.82) is 0 Å². The molecule has 0 aliphatic carbocycles. The van der Waals surface area contributed by atoms with Crippen molar-refractivity contribution in [3.8, 4) is 0 Å². The molecule has 0 aliphatic heterocycles. The van der Waals surface area contributed by atoms with Crippen molar-refractivity contribution in [3.05, 3.63) is 21.6 Å². The molecule has 0 aliphatic rings. The minimum Gasteiger partial charge on any atom is -0.378 e. The summed E-state index contributed by atoms with van der Waals surface area (Å²) in [6.45, 7) is 4.94. The van der Waals surface area contributed by atoms with E-state index in [-0.39, 0.29) is 16.6 Å². The molecule has 1 aromatic heterocycles. The third-order valence-corrected chi connectivity index (χ3v) is 2.93. The highest BCUT2D eigenvalue weighted by atomic mass is 35.5. The van der Waals surface area contributed by atoms with Gasteiger partial charge < -0.3 is 11.1 Å². The lowest BCUT2D eigenvalue weighted by Crippen LogP contribution is -2.31. The lowest BCUT2D eigenvalue weighted by Gasteiger charge is -2.18. The SMILES string of the molecule is CCCC(CN)Nc1cnn(CC)c(=O)c1Cl. The number of nitrogens with two attached hydrogens (primary N) is 1. The number of hydrogen-bond donors (Lipinski definition) is 2. The summed E-state index contributed by atoms with van der Waals surface area (Å²) in [5, 5.41) is 7.36. The van der Waals surface area contributed by atoms with E-state index in [1.807, 2.05) is 6.92 Å². The second kappa shape index (κ2) is 6.61. The summed E-state index contributed by atoms with van der Waals surface area (Å²) in [5.74, 6) is 0. The molecule has 0 radical (unpaired) electrons. The molecule has 1 aromatic rings. The fraction of sp³-hybridized carbons (Fsp3) is 0.636. The minimum absolute atomic E-state index is 0.121. The lowest BCUT2D eigenvalue weighted by atomic mass is 10.1. The van der Waals surface area contributed by atoms with E-state index in [1.54, 1.807) is 6.20 Å². The molecule has 0 aromatic carbocycles. The molecule has 1 rings (SSSR count).